The topological polar surface area (TPSA) is 3.24 Å². The molecule has 0 saturated carbocycles. The first-order valence-electron chi connectivity index (χ1n) is 5.78. The number of para-hydroxylation sites is 1. The van der Waals surface area contributed by atoms with Gasteiger partial charge in [0.1, 0.15) is 0 Å². The molecule has 0 aliphatic rings. The first-order chi connectivity index (χ1) is 8.31. The van der Waals surface area contributed by atoms with E-state index in [9.17, 15) is 0 Å². The molecule has 0 bridgehead atoms. The van der Waals surface area contributed by atoms with Gasteiger partial charge in [0.2, 0.25) is 0 Å². The Bertz CT molecular complexity index is 488. The zero-order chi connectivity index (χ0) is 12.1. The smallest absolute Gasteiger partial charge is 0.0432 e. The zero-order valence-corrected chi connectivity index (χ0v) is 10.1. The van der Waals surface area contributed by atoms with Crippen LogP contribution in [0.4, 0.5) is 5.69 Å². The molecule has 86 valence electrons. The average Bonchev–Trinajstić information content (AvgIpc) is 2.40. The molecule has 0 heterocycles. The second-order valence-electron chi connectivity index (χ2n) is 4.09. The first-order valence-corrected chi connectivity index (χ1v) is 5.78. The summed E-state index contributed by atoms with van der Waals surface area (Å²) in [5.41, 5.74) is 3.73. The summed E-state index contributed by atoms with van der Waals surface area (Å²) in [6, 6.07) is 18.8. The third kappa shape index (κ3) is 2.76. The van der Waals surface area contributed by atoms with Crippen LogP contribution < -0.4 is 4.90 Å². The highest BCUT2D eigenvalue weighted by Crippen LogP contribution is 2.17. The number of hydrogen-bond donors (Lipinski definition) is 0. The summed E-state index contributed by atoms with van der Waals surface area (Å²) in [7, 11) is 2.11. The fourth-order valence-electron chi connectivity index (χ4n) is 1.91. The van der Waals surface area contributed by atoms with Crippen LogP contribution in [0.1, 0.15) is 11.1 Å². The maximum absolute atomic E-state index is 3.85. The number of hydrogen-bond acceptors (Lipinski definition) is 1. The lowest BCUT2D eigenvalue weighted by molar-refractivity contribution is 0.921. The normalized spacial score (nSPS) is 9.94. The van der Waals surface area contributed by atoms with Crippen molar-refractivity contribution in [3.63, 3.8) is 0 Å². The van der Waals surface area contributed by atoms with Crippen molar-refractivity contribution in [2.75, 3.05) is 11.9 Å². The number of rotatable bonds is 4. The summed E-state index contributed by atoms with van der Waals surface area (Å²) in [4.78, 5) is 2.24. The van der Waals surface area contributed by atoms with Gasteiger partial charge < -0.3 is 4.90 Å². The van der Waals surface area contributed by atoms with Crippen molar-refractivity contribution in [2.24, 2.45) is 0 Å². The Morgan fingerprint density at radius 3 is 2.35 bits per heavy atom. The second kappa shape index (κ2) is 5.35. The summed E-state index contributed by atoms with van der Waals surface area (Å²) in [5.74, 6) is 0. The second-order valence-corrected chi connectivity index (χ2v) is 4.09. The van der Waals surface area contributed by atoms with Gasteiger partial charge in [0.05, 0.1) is 0 Å². The van der Waals surface area contributed by atoms with Gasteiger partial charge in [0, 0.05) is 19.3 Å². The van der Waals surface area contributed by atoms with Crippen LogP contribution in [-0.4, -0.2) is 7.05 Å². The van der Waals surface area contributed by atoms with Crippen LogP contribution in [0.2, 0.25) is 0 Å². The van der Waals surface area contributed by atoms with Gasteiger partial charge in [-0.2, -0.15) is 0 Å². The van der Waals surface area contributed by atoms with Crippen LogP contribution in [-0.2, 0) is 6.54 Å². The molecule has 1 nitrogen and oxygen atoms in total. The van der Waals surface area contributed by atoms with Crippen molar-refractivity contribution in [3.05, 3.63) is 72.3 Å². The quantitative estimate of drug-likeness (QED) is 0.758. The third-order valence-corrected chi connectivity index (χ3v) is 2.88. The Morgan fingerprint density at radius 2 is 1.65 bits per heavy atom. The predicted molar refractivity (Wildman–Crippen MR) is 75.1 cm³/mol. The van der Waals surface area contributed by atoms with E-state index in [0.717, 1.165) is 6.54 Å². The molecule has 2 rings (SSSR count). The largest absolute Gasteiger partial charge is 0.370 e. The number of nitrogens with zero attached hydrogens (tertiary/aromatic N) is 1. The fourth-order valence-corrected chi connectivity index (χ4v) is 1.91. The summed E-state index contributed by atoms with van der Waals surface area (Å²) < 4.78 is 0. The SMILES string of the molecule is C=Cc1ccccc1CN(C)c1ccccc1. The lowest BCUT2D eigenvalue weighted by Gasteiger charge is -2.20. The Kier molecular flexibility index (Phi) is 3.61. The van der Waals surface area contributed by atoms with Crippen LogP contribution in [0.3, 0.4) is 0 Å². The molecule has 2 aromatic carbocycles. The van der Waals surface area contributed by atoms with E-state index in [2.05, 4.69) is 61.0 Å². The van der Waals surface area contributed by atoms with Gasteiger partial charge in [-0.15, -0.1) is 0 Å². The highest BCUT2D eigenvalue weighted by molar-refractivity contribution is 5.54. The molecule has 0 saturated heterocycles. The van der Waals surface area contributed by atoms with Crippen molar-refractivity contribution in [2.45, 2.75) is 6.54 Å². The molecule has 0 aromatic heterocycles. The van der Waals surface area contributed by atoms with Crippen molar-refractivity contribution >= 4 is 11.8 Å². The predicted octanol–water partition coefficient (Wildman–Crippen LogP) is 3.97. The molecular formula is C16H17N. The fraction of sp³-hybridized carbons (Fsp3) is 0.125. The molecule has 0 unspecified atom stereocenters. The minimum Gasteiger partial charge on any atom is -0.370 e. The summed E-state index contributed by atoms with van der Waals surface area (Å²) in [5, 5.41) is 0. The van der Waals surface area contributed by atoms with Gasteiger partial charge in [-0.25, -0.2) is 0 Å². The van der Waals surface area contributed by atoms with Gasteiger partial charge in [-0.3, -0.25) is 0 Å². The van der Waals surface area contributed by atoms with Gasteiger partial charge in [0.15, 0.2) is 0 Å². The minimum absolute atomic E-state index is 0.895. The Labute approximate surface area is 103 Å². The summed E-state index contributed by atoms with van der Waals surface area (Å²) in [6.07, 6.45) is 1.91. The lowest BCUT2D eigenvalue weighted by Crippen LogP contribution is -2.16. The molecule has 2 aromatic rings. The molecule has 0 atom stereocenters. The standard InChI is InChI=1S/C16H17N/c1-3-14-9-7-8-10-15(14)13-17(2)16-11-5-4-6-12-16/h3-12H,1,13H2,2H3. The molecule has 0 amide bonds. The molecule has 0 fully saturated rings. The van der Waals surface area contributed by atoms with E-state index in [1.165, 1.54) is 16.8 Å². The van der Waals surface area contributed by atoms with Crippen molar-refractivity contribution in [1.29, 1.82) is 0 Å². The maximum atomic E-state index is 3.85. The van der Waals surface area contributed by atoms with E-state index in [0.29, 0.717) is 0 Å². The molecule has 17 heavy (non-hydrogen) atoms. The first kappa shape index (κ1) is 11.5. The van der Waals surface area contributed by atoms with Crippen molar-refractivity contribution in [1.82, 2.24) is 0 Å². The van der Waals surface area contributed by atoms with E-state index in [-0.39, 0.29) is 0 Å². The van der Waals surface area contributed by atoms with Gasteiger partial charge in [-0.1, -0.05) is 55.1 Å². The van der Waals surface area contributed by atoms with Crippen molar-refractivity contribution in [3.8, 4) is 0 Å². The van der Waals surface area contributed by atoms with E-state index >= 15 is 0 Å². The van der Waals surface area contributed by atoms with Gasteiger partial charge in [-0.05, 0) is 23.3 Å². The molecular weight excluding hydrogens is 206 g/mol. The van der Waals surface area contributed by atoms with Crippen LogP contribution in [0.15, 0.2) is 61.2 Å². The van der Waals surface area contributed by atoms with Crippen LogP contribution in [0, 0.1) is 0 Å². The molecule has 1 heteroatoms. The highest BCUT2D eigenvalue weighted by Gasteiger charge is 2.03. The molecule has 0 radical (unpaired) electrons. The Hall–Kier alpha value is -2.02. The van der Waals surface area contributed by atoms with Gasteiger partial charge in [0.25, 0.3) is 0 Å². The number of anilines is 1. The van der Waals surface area contributed by atoms with E-state index in [4.69, 9.17) is 0 Å². The van der Waals surface area contributed by atoms with Crippen LogP contribution in [0.25, 0.3) is 6.08 Å². The average molecular weight is 223 g/mol. The molecule has 0 aliphatic carbocycles. The minimum atomic E-state index is 0.895. The van der Waals surface area contributed by atoms with E-state index < -0.39 is 0 Å². The molecule has 0 aliphatic heterocycles. The lowest BCUT2D eigenvalue weighted by atomic mass is 10.1. The monoisotopic (exact) mass is 223 g/mol. The van der Waals surface area contributed by atoms with E-state index in [1.807, 2.05) is 18.2 Å². The molecule has 0 spiro atoms. The zero-order valence-electron chi connectivity index (χ0n) is 10.1. The summed E-state index contributed by atoms with van der Waals surface area (Å²) in [6.45, 7) is 4.75. The Balaban J connectivity index is 2.18. The van der Waals surface area contributed by atoms with E-state index in [1.54, 1.807) is 0 Å². The van der Waals surface area contributed by atoms with Gasteiger partial charge >= 0.3 is 0 Å². The highest BCUT2D eigenvalue weighted by atomic mass is 15.1. The van der Waals surface area contributed by atoms with Crippen LogP contribution >= 0.6 is 0 Å². The Morgan fingerprint density at radius 1 is 1.00 bits per heavy atom. The number of benzene rings is 2. The third-order valence-electron chi connectivity index (χ3n) is 2.88. The maximum Gasteiger partial charge on any atom is 0.0432 e. The van der Waals surface area contributed by atoms with Crippen molar-refractivity contribution < 1.29 is 0 Å². The van der Waals surface area contributed by atoms with Crippen LogP contribution in [0.5, 0.6) is 0 Å². The molecule has 0 N–H and O–H groups in total. The summed E-state index contributed by atoms with van der Waals surface area (Å²) >= 11 is 0.